The predicted octanol–water partition coefficient (Wildman–Crippen LogP) is 1.79. The molecule has 6 heteroatoms. The third-order valence-corrected chi connectivity index (χ3v) is 5.16. The van der Waals surface area contributed by atoms with Crippen molar-refractivity contribution in [2.75, 3.05) is 60.1 Å². The summed E-state index contributed by atoms with van der Waals surface area (Å²) in [6.45, 7) is 9.73. The summed E-state index contributed by atoms with van der Waals surface area (Å²) in [5.41, 5.74) is 1.24. The Morgan fingerprint density at radius 2 is 1.93 bits per heavy atom. The minimum absolute atomic E-state index is 0.0492. The second-order valence-corrected chi connectivity index (χ2v) is 7.88. The van der Waals surface area contributed by atoms with Gasteiger partial charge < -0.3 is 14.8 Å². The normalized spacial score (nSPS) is 15.7. The molecule has 1 fully saturated rings. The molecule has 1 N–H and O–H groups in total. The number of carbonyl (C=O) groups excluding carboxylic acids is 1. The van der Waals surface area contributed by atoms with Crippen LogP contribution in [-0.2, 0) is 16.0 Å². The van der Waals surface area contributed by atoms with Crippen molar-refractivity contribution in [3.05, 3.63) is 29.8 Å². The number of hydrogen-bond donors (Lipinski definition) is 1. The standard InChI is InChI=1S/C21H35N3O3/c1-21(2,24-12-14-27-15-13-24)17-22-20(25)16-23(3)11-5-6-18-7-9-19(26-4)10-8-18/h7-10H,5-6,11-17H2,1-4H3,(H,22,25). The van der Waals surface area contributed by atoms with Gasteiger partial charge in [0.25, 0.3) is 0 Å². The van der Waals surface area contributed by atoms with Gasteiger partial charge in [-0.2, -0.15) is 0 Å². The van der Waals surface area contributed by atoms with E-state index in [0.29, 0.717) is 13.1 Å². The van der Waals surface area contributed by atoms with Crippen molar-refractivity contribution >= 4 is 5.91 Å². The first-order valence-corrected chi connectivity index (χ1v) is 9.82. The molecule has 1 saturated heterocycles. The first kappa shape index (κ1) is 21.7. The second-order valence-electron chi connectivity index (χ2n) is 7.88. The number of rotatable bonds is 10. The van der Waals surface area contributed by atoms with Crippen molar-refractivity contribution in [1.82, 2.24) is 15.1 Å². The summed E-state index contributed by atoms with van der Waals surface area (Å²) in [5.74, 6) is 0.968. The van der Waals surface area contributed by atoms with Crippen LogP contribution in [0.2, 0.25) is 0 Å². The van der Waals surface area contributed by atoms with E-state index in [4.69, 9.17) is 9.47 Å². The molecule has 1 aliphatic rings. The second kappa shape index (κ2) is 10.6. The van der Waals surface area contributed by atoms with E-state index < -0.39 is 0 Å². The van der Waals surface area contributed by atoms with Crippen molar-refractivity contribution in [3.8, 4) is 5.75 Å². The van der Waals surface area contributed by atoms with Crippen LogP contribution in [-0.4, -0.2) is 81.3 Å². The fourth-order valence-corrected chi connectivity index (χ4v) is 3.32. The molecule has 1 aromatic carbocycles. The molecule has 6 nitrogen and oxygen atoms in total. The summed E-state index contributed by atoms with van der Waals surface area (Å²) >= 11 is 0. The van der Waals surface area contributed by atoms with Crippen LogP contribution in [0, 0.1) is 0 Å². The van der Waals surface area contributed by atoms with E-state index in [1.807, 2.05) is 19.2 Å². The minimum atomic E-state index is -0.0492. The summed E-state index contributed by atoms with van der Waals surface area (Å²) in [6, 6.07) is 8.17. The summed E-state index contributed by atoms with van der Waals surface area (Å²) in [5, 5.41) is 3.09. The molecule has 1 aromatic rings. The van der Waals surface area contributed by atoms with Gasteiger partial charge in [0.05, 0.1) is 26.9 Å². The van der Waals surface area contributed by atoms with Gasteiger partial charge >= 0.3 is 0 Å². The number of carbonyl (C=O) groups is 1. The molecule has 0 radical (unpaired) electrons. The molecule has 152 valence electrons. The molecule has 1 aliphatic heterocycles. The van der Waals surface area contributed by atoms with E-state index in [2.05, 4.69) is 41.1 Å². The molecule has 2 rings (SSSR count). The highest BCUT2D eigenvalue weighted by Gasteiger charge is 2.28. The zero-order valence-corrected chi connectivity index (χ0v) is 17.3. The third-order valence-electron chi connectivity index (χ3n) is 5.16. The molecule has 1 heterocycles. The quantitative estimate of drug-likeness (QED) is 0.674. The Bertz CT molecular complexity index is 569. The SMILES string of the molecule is COc1ccc(CCCN(C)CC(=O)NCC(C)(C)N2CCOCC2)cc1. The summed E-state index contributed by atoms with van der Waals surface area (Å²) in [7, 11) is 3.68. The lowest BCUT2D eigenvalue weighted by molar-refractivity contribution is -0.122. The van der Waals surface area contributed by atoms with Gasteiger partial charge in [-0.15, -0.1) is 0 Å². The van der Waals surface area contributed by atoms with Crippen molar-refractivity contribution < 1.29 is 14.3 Å². The number of benzene rings is 1. The highest BCUT2D eigenvalue weighted by Crippen LogP contribution is 2.15. The lowest BCUT2D eigenvalue weighted by atomic mass is 10.0. The van der Waals surface area contributed by atoms with E-state index in [9.17, 15) is 4.79 Å². The number of nitrogens with one attached hydrogen (secondary N) is 1. The van der Waals surface area contributed by atoms with Crippen molar-refractivity contribution in [3.63, 3.8) is 0 Å². The smallest absolute Gasteiger partial charge is 0.234 e. The van der Waals surface area contributed by atoms with E-state index >= 15 is 0 Å². The number of likely N-dealkylation sites (N-methyl/N-ethyl adjacent to an activating group) is 1. The Labute approximate surface area is 163 Å². The number of amides is 1. The van der Waals surface area contributed by atoms with Crippen LogP contribution < -0.4 is 10.1 Å². The van der Waals surface area contributed by atoms with E-state index in [1.165, 1.54) is 5.56 Å². The maximum atomic E-state index is 12.3. The average molecular weight is 378 g/mol. The molecule has 1 amide bonds. The van der Waals surface area contributed by atoms with Crippen LogP contribution in [0.4, 0.5) is 0 Å². The number of aryl methyl sites for hydroxylation is 1. The van der Waals surface area contributed by atoms with E-state index in [1.54, 1.807) is 7.11 Å². The summed E-state index contributed by atoms with van der Waals surface area (Å²) in [4.78, 5) is 16.7. The molecule has 0 unspecified atom stereocenters. The zero-order valence-electron chi connectivity index (χ0n) is 17.3. The van der Waals surface area contributed by atoms with Gasteiger partial charge in [-0.25, -0.2) is 0 Å². The molecule has 0 aromatic heterocycles. The Balaban J connectivity index is 1.64. The van der Waals surface area contributed by atoms with Crippen LogP contribution in [0.1, 0.15) is 25.8 Å². The van der Waals surface area contributed by atoms with Crippen LogP contribution in [0.15, 0.2) is 24.3 Å². The molecular weight excluding hydrogens is 342 g/mol. The Morgan fingerprint density at radius 3 is 2.56 bits per heavy atom. The van der Waals surface area contributed by atoms with Crippen molar-refractivity contribution in [2.24, 2.45) is 0 Å². The van der Waals surface area contributed by atoms with E-state index in [0.717, 1.165) is 51.4 Å². The fourth-order valence-electron chi connectivity index (χ4n) is 3.32. The Kier molecular flexibility index (Phi) is 8.54. The van der Waals surface area contributed by atoms with Crippen LogP contribution >= 0.6 is 0 Å². The molecule has 27 heavy (non-hydrogen) atoms. The van der Waals surface area contributed by atoms with Crippen LogP contribution in [0.5, 0.6) is 5.75 Å². The van der Waals surface area contributed by atoms with Gasteiger partial charge in [-0.05, 0) is 58.0 Å². The highest BCUT2D eigenvalue weighted by atomic mass is 16.5. The van der Waals surface area contributed by atoms with E-state index in [-0.39, 0.29) is 11.4 Å². The van der Waals surface area contributed by atoms with Crippen LogP contribution in [0.3, 0.4) is 0 Å². The maximum absolute atomic E-state index is 12.3. The number of methoxy groups -OCH3 is 1. The fraction of sp³-hybridized carbons (Fsp3) is 0.667. The molecular formula is C21H35N3O3. The number of hydrogen-bond acceptors (Lipinski definition) is 5. The lowest BCUT2D eigenvalue weighted by Gasteiger charge is -2.40. The largest absolute Gasteiger partial charge is 0.497 e. The molecule has 0 atom stereocenters. The number of nitrogens with zero attached hydrogens (tertiary/aromatic N) is 2. The number of morpholine rings is 1. The van der Waals surface area contributed by atoms with Crippen molar-refractivity contribution in [1.29, 1.82) is 0 Å². The van der Waals surface area contributed by atoms with Gasteiger partial charge in [-0.3, -0.25) is 14.6 Å². The minimum Gasteiger partial charge on any atom is -0.497 e. The predicted molar refractivity (Wildman–Crippen MR) is 108 cm³/mol. The summed E-state index contributed by atoms with van der Waals surface area (Å²) < 4.78 is 10.6. The van der Waals surface area contributed by atoms with Gasteiger partial charge in [0.15, 0.2) is 0 Å². The van der Waals surface area contributed by atoms with Gasteiger partial charge in [0.1, 0.15) is 5.75 Å². The first-order valence-electron chi connectivity index (χ1n) is 9.82. The molecule has 0 aliphatic carbocycles. The van der Waals surface area contributed by atoms with Gasteiger partial charge in [0, 0.05) is 25.2 Å². The third kappa shape index (κ3) is 7.48. The zero-order chi connectivity index (χ0) is 19.7. The number of ether oxygens (including phenoxy) is 2. The topological polar surface area (TPSA) is 54.0 Å². The monoisotopic (exact) mass is 377 g/mol. The first-order chi connectivity index (χ1) is 12.9. The van der Waals surface area contributed by atoms with Crippen LogP contribution in [0.25, 0.3) is 0 Å². The van der Waals surface area contributed by atoms with Crippen molar-refractivity contribution in [2.45, 2.75) is 32.2 Å². The lowest BCUT2D eigenvalue weighted by Crippen LogP contribution is -2.56. The average Bonchev–Trinajstić information content (AvgIpc) is 2.68. The summed E-state index contributed by atoms with van der Waals surface area (Å²) in [6.07, 6.45) is 2.02. The maximum Gasteiger partial charge on any atom is 0.234 e. The molecule has 0 spiro atoms. The van der Waals surface area contributed by atoms with Gasteiger partial charge in [0.2, 0.25) is 5.91 Å². The Morgan fingerprint density at radius 1 is 1.26 bits per heavy atom. The highest BCUT2D eigenvalue weighted by molar-refractivity contribution is 5.78. The molecule has 0 bridgehead atoms. The Hall–Kier alpha value is -1.63. The molecule has 0 saturated carbocycles. The van der Waals surface area contributed by atoms with Gasteiger partial charge in [-0.1, -0.05) is 12.1 Å².